The van der Waals surface area contributed by atoms with Crippen LogP contribution in [0.25, 0.3) is 22.2 Å². The Labute approximate surface area is 199 Å². The molecule has 0 radical (unpaired) electrons. The molecule has 35 heavy (non-hydrogen) atoms. The highest BCUT2D eigenvalue weighted by Gasteiger charge is 2.11. The van der Waals surface area contributed by atoms with E-state index in [1.165, 1.54) is 6.20 Å². The first-order chi connectivity index (χ1) is 17.1. The van der Waals surface area contributed by atoms with E-state index in [4.69, 9.17) is 0 Å². The van der Waals surface area contributed by atoms with Gasteiger partial charge in [-0.2, -0.15) is 4.98 Å². The van der Waals surface area contributed by atoms with Crippen LogP contribution in [0.2, 0.25) is 0 Å². The number of amides is 2. The summed E-state index contributed by atoms with van der Waals surface area (Å²) in [5.74, 6) is 0.296. The van der Waals surface area contributed by atoms with Crippen molar-refractivity contribution in [2.45, 2.75) is 0 Å². The van der Waals surface area contributed by atoms with Crippen molar-refractivity contribution in [2.24, 2.45) is 0 Å². The molecular formula is C26H20N6O3. The second-order valence-electron chi connectivity index (χ2n) is 7.66. The number of carbonyl (C=O) groups is 1. The molecule has 2 heterocycles. The second-order valence-corrected chi connectivity index (χ2v) is 7.66. The number of hydrogen-bond donors (Lipinski definition) is 4. The number of nitrogens with zero attached hydrogens (tertiary/aromatic N) is 3. The lowest BCUT2D eigenvalue weighted by Crippen LogP contribution is -2.23. The number of nitrogens with one attached hydrogen (secondary N) is 3. The molecule has 0 fully saturated rings. The number of benzene rings is 3. The predicted molar refractivity (Wildman–Crippen MR) is 135 cm³/mol. The maximum atomic E-state index is 12.2. The van der Waals surface area contributed by atoms with Gasteiger partial charge in [0.1, 0.15) is 5.82 Å². The molecule has 9 nitrogen and oxygen atoms in total. The van der Waals surface area contributed by atoms with Crippen LogP contribution in [-0.4, -0.2) is 25.9 Å². The summed E-state index contributed by atoms with van der Waals surface area (Å²) in [6.45, 7) is 0. The Morgan fingerprint density at radius 2 is 1.49 bits per heavy atom. The van der Waals surface area contributed by atoms with E-state index in [9.17, 15) is 14.8 Å². The molecule has 2 amide bonds. The van der Waals surface area contributed by atoms with Crippen LogP contribution in [0.4, 0.5) is 27.7 Å². The van der Waals surface area contributed by atoms with Crippen LogP contribution >= 0.6 is 0 Å². The number of pyridine rings is 1. The number of urea groups is 1. The molecule has 9 heteroatoms. The Hall–Kier alpha value is -5.18. The van der Waals surface area contributed by atoms with Crippen molar-refractivity contribution in [1.29, 1.82) is 0 Å². The minimum atomic E-state index is -0.825. The van der Waals surface area contributed by atoms with E-state index in [-0.39, 0.29) is 11.7 Å². The van der Waals surface area contributed by atoms with Crippen LogP contribution in [-0.2, 0) is 0 Å². The fourth-order valence-electron chi connectivity index (χ4n) is 3.61. The Bertz CT molecular complexity index is 1570. The average molecular weight is 464 g/mol. The summed E-state index contributed by atoms with van der Waals surface area (Å²) in [6.07, 6.45) is 1.49. The van der Waals surface area contributed by atoms with Gasteiger partial charge >= 0.3 is 11.7 Å². The van der Waals surface area contributed by atoms with Crippen LogP contribution in [0.15, 0.2) is 102 Å². The molecule has 3 aromatic carbocycles. The van der Waals surface area contributed by atoms with Gasteiger partial charge in [0.2, 0.25) is 0 Å². The van der Waals surface area contributed by atoms with Crippen molar-refractivity contribution in [3.63, 3.8) is 0 Å². The summed E-state index contributed by atoms with van der Waals surface area (Å²) in [5.41, 5.74) is 3.23. The van der Waals surface area contributed by atoms with Crippen LogP contribution in [0, 0.1) is 0 Å². The topological polar surface area (TPSA) is 121 Å². The van der Waals surface area contributed by atoms with Gasteiger partial charge in [-0.1, -0.05) is 42.5 Å². The van der Waals surface area contributed by atoms with Crippen molar-refractivity contribution < 1.29 is 10.0 Å². The second kappa shape index (κ2) is 9.36. The number of fused-ring (bicyclic) bond motifs is 1. The summed E-state index contributed by atoms with van der Waals surface area (Å²) < 4.78 is 0.423. The summed E-state index contributed by atoms with van der Waals surface area (Å²) in [5, 5.41) is 19.2. The van der Waals surface area contributed by atoms with Gasteiger partial charge in [0, 0.05) is 23.3 Å². The first-order valence-electron chi connectivity index (χ1n) is 10.7. The summed E-state index contributed by atoms with van der Waals surface area (Å²) in [4.78, 5) is 32.2. The van der Waals surface area contributed by atoms with E-state index in [0.717, 1.165) is 11.1 Å². The smallest absolute Gasteiger partial charge is 0.384 e. The standard InChI is InChI=1S/C26H20N6O3/c33-25(29-19-7-2-1-3-8-19)30-20-13-11-17(12-14-20)18-6-4-9-21(16-18)28-23-22-10-5-15-27-24(22)32(35)26(34)31-23/h1-16,35H,(H,28,31,34)(H2,29,30,33). The Morgan fingerprint density at radius 3 is 2.26 bits per heavy atom. The molecule has 0 saturated carbocycles. The Kier molecular flexibility index (Phi) is 5.79. The monoisotopic (exact) mass is 464 g/mol. The normalized spacial score (nSPS) is 10.6. The molecule has 0 saturated heterocycles. The van der Waals surface area contributed by atoms with Gasteiger partial charge in [-0.25, -0.2) is 14.6 Å². The highest BCUT2D eigenvalue weighted by atomic mass is 16.5. The zero-order valence-corrected chi connectivity index (χ0v) is 18.3. The lowest BCUT2D eigenvalue weighted by molar-refractivity contribution is 0.182. The first kappa shape index (κ1) is 21.7. The Morgan fingerprint density at radius 1 is 0.771 bits per heavy atom. The van der Waals surface area contributed by atoms with Crippen LogP contribution in [0.3, 0.4) is 0 Å². The van der Waals surface area contributed by atoms with Crippen molar-refractivity contribution >= 4 is 39.9 Å². The molecule has 0 unspecified atom stereocenters. The average Bonchev–Trinajstić information content (AvgIpc) is 2.88. The van der Waals surface area contributed by atoms with E-state index < -0.39 is 5.69 Å². The third kappa shape index (κ3) is 4.79. The maximum absolute atomic E-state index is 12.2. The minimum absolute atomic E-state index is 0.116. The zero-order chi connectivity index (χ0) is 24.2. The third-order valence-corrected chi connectivity index (χ3v) is 5.26. The first-order valence-corrected chi connectivity index (χ1v) is 10.7. The van der Waals surface area contributed by atoms with Gasteiger partial charge in [0.15, 0.2) is 5.65 Å². The van der Waals surface area contributed by atoms with E-state index in [0.29, 0.717) is 33.0 Å². The maximum Gasteiger partial charge on any atom is 0.384 e. The quantitative estimate of drug-likeness (QED) is 0.269. The largest absolute Gasteiger partial charge is 0.422 e. The van der Waals surface area contributed by atoms with Crippen molar-refractivity contribution in [1.82, 2.24) is 14.7 Å². The Balaban J connectivity index is 1.33. The highest BCUT2D eigenvalue weighted by molar-refractivity contribution is 5.99. The molecule has 0 bridgehead atoms. The SMILES string of the molecule is O=C(Nc1ccccc1)Nc1ccc(-c2cccc(Nc3nc(=O)n(O)c4ncccc34)c2)cc1. The molecule has 0 atom stereocenters. The predicted octanol–water partition coefficient (Wildman–Crippen LogP) is 5.08. The van der Waals surface area contributed by atoms with Gasteiger partial charge < -0.3 is 21.2 Å². The molecule has 0 spiro atoms. The van der Waals surface area contributed by atoms with Gasteiger partial charge in [-0.05, 0) is 59.7 Å². The van der Waals surface area contributed by atoms with Crippen LogP contribution in [0.5, 0.6) is 0 Å². The van der Waals surface area contributed by atoms with Gasteiger partial charge in [0.05, 0.1) is 5.39 Å². The van der Waals surface area contributed by atoms with E-state index in [1.54, 1.807) is 12.1 Å². The highest BCUT2D eigenvalue weighted by Crippen LogP contribution is 2.27. The number of anilines is 4. The molecule has 0 aliphatic heterocycles. The molecule has 0 aliphatic carbocycles. The molecule has 5 aromatic rings. The molecule has 2 aromatic heterocycles. The fraction of sp³-hybridized carbons (Fsp3) is 0. The van der Waals surface area contributed by atoms with Gasteiger partial charge in [-0.3, -0.25) is 0 Å². The number of rotatable bonds is 5. The molecule has 5 rings (SSSR count). The van der Waals surface area contributed by atoms with E-state index in [1.807, 2.05) is 78.9 Å². The van der Waals surface area contributed by atoms with Crippen molar-refractivity contribution in [2.75, 3.05) is 16.0 Å². The van der Waals surface area contributed by atoms with Crippen molar-refractivity contribution in [3.8, 4) is 11.1 Å². The summed E-state index contributed by atoms with van der Waals surface area (Å²) >= 11 is 0. The van der Waals surface area contributed by atoms with Crippen molar-refractivity contribution in [3.05, 3.63) is 108 Å². The lowest BCUT2D eigenvalue weighted by Gasteiger charge is -2.11. The van der Waals surface area contributed by atoms with Crippen LogP contribution in [0.1, 0.15) is 0 Å². The van der Waals surface area contributed by atoms with Crippen LogP contribution < -0.4 is 21.6 Å². The van der Waals surface area contributed by atoms with Gasteiger partial charge in [0.25, 0.3) is 0 Å². The van der Waals surface area contributed by atoms with Gasteiger partial charge in [-0.15, -0.1) is 4.73 Å². The third-order valence-electron chi connectivity index (χ3n) is 5.26. The summed E-state index contributed by atoms with van der Waals surface area (Å²) in [7, 11) is 0. The lowest BCUT2D eigenvalue weighted by atomic mass is 10.0. The number of hydrogen-bond acceptors (Lipinski definition) is 6. The fourth-order valence-corrected chi connectivity index (χ4v) is 3.61. The summed E-state index contributed by atoms with van der Waals surface area (Å²) in [6, 6.07) is 27.3. The van der Waals surface area contributed by atoms with E-state index in [2.05, 4.69) is 25.9 Å². The number of para-hydroxylation sites is 1. The number of carbonyl (C=O) groups excluding carboxylic acids is 1. The molecule has 172 valence electrons. The molecule has 4 N–H and O–H groups in total. The molecule has 0 aliphatic rings. The molecular weight excluding hydrogens is 444 g/mol. The zero-order valence-electron chi connectivity index (χ0n) is 18.3. The van der Waals surface area contributed by atoms with E-state index >= 15 is 0 Å². The number of aromatic nitrogens is 3. The minimum Gasteiger partial charge on any atom is -0.422 e.